The fourth-order valence-electron chi connectivity index (χ4n) is 2.76. The first-order valence-electron chi connectivity index (χ1n) is 6.93. The second-order valence-electron chi connectivity index (χ2n) is 5.17. The number of likely N-dealkylation sites (tertiary alicyclic amines) is 1. The van der Waals surface area contributed by atoms with Gasteiger partial charge in [-0.15, -0.1) is 0 Å². The number of methoxy groups -OCH3 is 1. The van der Waals surface area contributed by atoms with E-state index in [0.717, 1.165) is 0 Å². The Hall–Kier alpha value is -1.57. The molecule has 1 amide bonds. The smallest absolute Gasteiger partial charge is 0.373 e. The van der Waals surface area contributed by atoms with Crippen molar-refractivity contribution < 1.29 is 28.6 Å². The van der Waals surface area contributed by atoms with Gasteiger partial charge in [-0.25, -0.2) is 9.59 Å². The van der Waals surface area contributed by atoms with Gasteiger partial charge < -0.3 is 14.2 Å². The molecule has 1 fully saturated rings. The van der Waals surface area contributed by atoms with E-state index in [1.165, 1.54) is 18.9 Å². The van der Waals surface area contributed by atoms with Gasteiger partial charge in [0.15, 0.2) is 6.23 Å². The van der Waals surface area contributed by atoms with Gasteiger partial charge in [0.1, 0.15) is 6.04 Å². The molecule has 2 aliphatic heterocycles. The third kappa shape index (κ3) is 2.84. The lowest BCUT2D eigenvalue weighted by molar-refractivity contribution is -0.160. The lowest BCUT2D eigenvalue weighted by Gasteiger charge is -2.36. The topological polar surface area (TPSA) is 82.1 Å². The van der Waals surface area contributed by atoms with Gasteiger partial charge in [-0.1, -0.05) is 15.9 Å². The second kappa shape index (κ2) is 6.28. The van der Waals surface area contributed by atoms with Gasteiger partial charge in [-0.3, -0.25) is 9.69 Å². The Labute approximate surface area is 136 Å². The summed E-state index contributed by atoms with van der Waals surface area (Å²) >= 11 is 3.56. The van der Waals surface area contributed by atoms with Crippen LogP contribution in [0.1, 0.15) is 26.7 Å². The predicted molar refractivity (Wildman–Crippen MR) is 78.8 cm³/mol. The van der Waals surface area contributed by atoms with Crippen LogP contribution in [0.4, 0.5) is 0 Å². The van der Waals surface area contributed by atoms with Crippen molar-refractivity contribution in [3.63, 3.8) is 0 Å². The van der Waals surface area contributed by atoms with E-state index in [1.54, 1.807) is 13.0 Å². The first-order chi connectivity index (χ1) is 10.3. The van der Waals surface area contributed by atoms with Crippen molar-refractivity contribution in [1.29, 1.82) is 0 Å². The quantitative estimate of drug-likeness (QED) is 0.542. The number of hydrogen-bond acceptors (Lipinski definition) is 6. The highest BCUT2D eigenvalue weighted by Crippen LogP contribution is 2.47. The van der Waals surface area contributed by atoms with Crippen LogP contribution in [0.25, 0.3) is 0 Å². The zero-order chi connectivity index (χ0) is 16.5. The zero-order valence-electron chi connectivity index (χ0n) is 12.6. The summed E-state index contributed by atoms with van der Waals surface area (Å²) in [7, 11) is 1.27. The van der Waals surface area contributed by atoms with Crippen molar-refractivity contribution in [3.8, 4) is 0 Å². The molecule has 2 heterocycles. The average molecular weight is 376 g/mol. The number of fused-ring (bicyclic) bond motifs is 1. The van der Waals surface area contributed by atoms with Crippen molar-refractivity contribution in [2.45, 2.75) is 43.3 Å². The molecule has 0 N–H and O–H groups in total. The van der Waals surface area contributed by atoms with Crippen molar-refractivity contribution >= 4 is 33.8 Å². The van der Waals surface area contributed by atoms with E-state index in [0.29, 0.717) is 12.8 Å². The molecule has 0 spiro atoms. The lowest BCUT2D eigenvalue weighted by atomic mass is 9.98. The highest BCUT2D eigenvalue weighted by atomic mass is 79.9. The number of hydrogen-bond donors (Lipinski definition) is 0. The van der Waals surface area contributed by atoms with Crippen LogP contribution < -0.4 is 0 Å². The molecule has 22 heavy (non-hydrogen) atoms. The van der Waals surface area contributed by atoms with E-state index in [-0.39, 0.29) is 18.3 Å². The van der Waals surface area contributed by atoms with Crippen molar-refractivity contribution in [3.05, 3.63) is 11.8 Å². The van der Waals surface area contributed by atoms with Crippen LogP contribution in [0.15, 0.2) is 11.8 Å². The summed E-state index contributed by atoms with van der Waals surface area (Å²) in [6.07, 6.45) is 1.62. The number of esters is 2. The molecule has 122 valence electrons. The molecule has 0 aromatic carbocycles. The maximum Gasteiger partial charge on any atom is 0.373 e. The minimum absolute atomic E-state index is 0.0543. The first-order valence-corrected chi connectivity index (χ1v) is 7.73. The Kier molecular flexibility index (Phi) is 4.79. The van der Waals surface area contributed by atoms with Gasteiger partial charge in [0.25, 0.3) is 0 Å². The number of rotatable bonds is 3. The van der Waals surface area contributed by atoms with Crippen molar-refractivity contribution in [2.24, 2.45) is 0 Å². The molecule has 7 nitrogen and oxygen atoms in total. The van der Waals surface area contributed by atoms with E-state index < -0.39 is 28.5 Å². The van der Waals surface area contributed by atoms with Gasteiger partial charge in [-0.2, -0.15) is 0 Å². The Bertz CT molecular complexity index is 533. The summed E-state index contributed by atoms with van der Waals surface area (Å²) in [5.41, 5.74) is 0. The predicted octanol–water partition coefficient (Wildman–Crippen LogP) is 1.11. The summed E-state index contributed by atoms with van der Waals surface area (Å²) < 4.78 is 14.7. The molecule has 3 atom stereocenters. The normalized spacial score (nSPS) is 30.0. The Morgan fingerprint density at radius 2 is 2.18 bits per heavy atom. The van der Waals surface area contributed by atoms with Gasteiger partial charge in [0.05, 0.1) is 18.0 Å². The minimum Gasteiger partial charge on any atom is -0.467 e. The Morgan fingerprint density at radius 1 is 1.50 bits per heavy atom. The third-order valence-electron chi connectivity index (χ3n) is 3.74. The summed E-state index contributed by atoms with van der Waals surface area (Å²) in [6, 6.07) is -0.748. The van der Waals surface area contributed by atoms with E-state index in [1.807, 2.05) is 0 Å². The monoisotopic (exact) mass is 375 g/mol. The SMILES string of the molecule is CCOC(=O)C1=CC[C@]2(Br)C[C@H](C(=O)OC)N(C(C)=O)[C@@H]2O1. The van der Waals surface area contributed by atoms with E-state index in [2.05, 4.69) is 15.9 Å². The number of ether oxygens (including phenoxy) is 3. The number of halogens is 1. The molecule has 2 aliphatic rings. The maximum atomic E-state index is 12.0. The van der Waals surface area contributed by atoms with Crippen molar-refractivity contribution in [1.82, 2.24) is 4.90 Å². The number of amides is 1. The molecule has 0 aliphatic carbocycles. The van der Waals surface area contributed by atoms with Crippen LogP contribution in [0.5, 0.6) is 0 Å². The van der Waals surface area contributed by atoms with Gasteiger partial charge in [-0.05, 0) is 25.8 Å². The molecule has 0 aromatic rings. The first kappa shape index (κ1) is 16.8. The molecule has 0 radical (unpaired) electrons. The third-order valence-corrected chi connectivity index (χ3v) is 4.78. The van der Waals surface area contributed by atoms with Gasteiger partial charge in [0, 0.05) is 6.92 Å². The number of nitrogens with zero attached hydrogens (tertiary/aromatic N) is 1. The standard InChI is InChI=1S/C14H18BrNO6/c1-4-21-12(19)10-5-6-14(15)7-9(11(18)20-3)16(8(2)17)13(14)22-10/h5,9,13H,4,6-7H2,1-3H3/t9-,13-,14+/m1/s1. The van der Waals surface area contributed by atoms with E-state index in [4.69, 9.17) is 14.2 Å². The van der Waals surface area contributed by atoms with Crippen LogP contribution in [-0.4, -0.2) is 53.1 Å². The number of carbonyl (C=O) groups excluding carboxylic acids is 3. The Balaban J connectivity index is 2.29. The van der Waals surface area contributed by atoms with Crippen LogP contribution >= 0.6 is 15.9 Å². The lowest BCUT2D eigenvalue weighted by Crippen LogP contribution is -2.49. The summed E-state index contributed by atoms with van der Waals surface area (Å²) in [4.78, 5) is 37.0. The van der Waals surface area contributed by atoms with E-state index >= 15 is 0 Å². The van der Waals surface area contributed by atoms with E-state index in [9.17, 15) is 14.4 Å². The Morgan fingerprint density at radius 3 is 2.73 bits per heavy atom. The van der Waals surface area contributed by atoms with Crippen LogP contribution in [-0.2, 0) is 28.6 Å². The molecule has 0 bridgehead atoms. The number of carbonyl (C=O) groups is 3. The molecule has 2 rings (SSSR count). The molecule has 0 unspecified atom stereocenters. The fraction of sp³-hybridized carbons (Fsp3) is 0.643. The summed E-state index contributed by atoms with van der Waals surface area (Å²) in [6.45, 7) is 3.27. The number of allylic oxidation sites excluding steroid dienone is 1. The highest BCUT2D eigenvalue weighted by Gasteiger charge is 2.58. The molecule has 8 heteroatoms. The molecule has 1 saturated heterocycles. The summed E-state index contributed by atoms with van der Waals surface area (Å²) in [5, 5.41) is 0. The average Bonchev–Trinajstić information content (AvgIpc) is 2.79. The molecular formula is C14H18BrNO6. The number of alkyl halides is 1. The minimum atomic E-state index is -0.765. The van der Waals surface area contributed by atoms with Gasteiger partial charge in [0.2, 0.25) is 11.7 Å². The van der Waals surface area contributed by atoms with Crippen molar-refractivity contribution in [2.75, 3.05) is 13.7 Å². The summed E-state index contributed by atoms with van der Waals surface area (Å²) in [5.74, 6) is -1.36. The highest BCUT2D eigenvalue weighted by molar-refractivity contribution is 9.10. The maximum absolute atomic E-state index is 12.0. The fourth-order valence-corrected chi connectivity index (χ4v) is 3.54. The van der Waals surface area contributed by atoms with Crippen LogP contribution in [0, 0.1) is 0 Å². The largest absolute Gasteiger partial charge is 0.467 e. The molecular weight excluding hydrogens is 358 g/mol. The van der Waals surface area contributed by atoms with Crippen LogP contribution in [0.3, 0.4) is 0 Å². The van der Waals surface area contributed by atoms with Crippen LogP contribution in [0.2, 0.25) is 0 Å². The second-order valence-corrected chi connectivity index (χ2v) is 6.75. The molecule has 0 saturated carbocycles. The molecule has 0 aromatic heterocycles. The van der Waals surface area contributed by atoms with Gasteiger partial charge >= 0.3 is 11.9 Å². The zero-order valence-corrected chi connectivity index (χ0v) is 14.2.